The Balaban J connectivity index is 2.80. The molecule has 0 aliphatic carbocycles. The van der Waals surface area contributed by atoms with Gasteiger partial charge < -0.3 is 4.74 Å². The van der Waals surface area contributed by atoms with Crippen molar-refractivity contribution < 1.29 is 4.74 Å². The largest absolute Gasteiger partial charge is 0.496 e. The van der Waals surface area contributed by atoms with Gasteiger partial charge in [0.05, 0.1) is 7.11 Å². The van der Waals surface area contributed by atoms with Crippen LogP contribution in [0.2, 0.25) is 0 Å². The van der Waals surface area contributed by atoms with Gasteiger partial charge in [0.1, 0.15) is 5.75 Å². The highest BCUT2D eigenvalue weighted by molar-refractivity contribution is 5.88. The summed E-state index contributed by atoms with van der Waals surface area (Å²) in [5.41, 5.74) is 1.45. The number of rotatable bonds is 3. The fraction of sp³-hybridized carbons (Fsp3) is 0.375. The Bertz CT molecular complexity index is 526. The van der Waals surface area contributed by atoms with E-state index in [1.807, 2.05) is 0 Å². The maximum atomic E-state index is 5.54. The van der Waals surface area contributed by atoms with Crippen LogP contribution in [0.5, 0.6) is 5.75 Å². The number of hydrogen-bond acceptors (Lipinski definition) is 1. The fourth-order valence-corrected chi connectivity index (χ4v) is 2.30. The van der Waals surface area contributed by atoms with E-state index >= 15 is 0 Å². The lowest BCUT2D eigenvalue weighted by Gasteiger charge is -2.27. The summed E-state index contributed by atoms with van der Waals surface area (Å²) in [7, 11) is 1.75. The second kappa shape index (κ2) is 4.40. The van der Waals surface area contributed by atoms with Gasteiger partial charge in [0, 0.05) is 5.56 Å². The summed E-state index contributed by atoms with van der Waals surface area (Å²) in [6, 6.07) is 12.7. The van der Waals surface area contributed by atoms with E-state index in [4.69, 9.17) is 4.74 Å². The maximum Gasteiger partial charge on any atom is 0.123 e. The quantitative estimate of drug-likeness (QED) is 0.749. The average molecular weight is 228 g/mol. The second-order valence-corrected chi connectivity index (χ2v) is 5.10. The van der Waals surface area contributed by atoms with E-state index in [1.165, 1.54) is 16.3 Å². The van der Waals surface area contributed by atoms with Crippen LogP contribution in [-0.4, -0.2) is 7.11 Å². The van der Waals surface area contributed by atoms with Gasteiger partial charge in [0.25, 0.3) is 0 Å². The van der Waals surface area contributed by atoms with Crippen molar-refractivity contribution in [2.24, 2.45) is 0 Å². The first kappa shape index (κ1) is 12.0. The molecular weight excluding hydrogens is 208 g/mol. The van der Waals surface area contributed by atoms with E-state index in [2.05, 4.69) is 57.2 Å². The van der Waals surface area contributed by atoms with Crippen LogP contribution in [-0.2, 0) is 5.41 Å². The van der Waals surface area contributed by atoms with Crippen molar-refractivity contribution in [1.82, 2.24) is 0 Å². The van der Waals surface area contributed by atoms with E-state index in [9.17, 15) is 0 Å². The first-order valence-electron chi connectivity index (χ1n) is 6.16. The Morgan fingerprint density at radius 1 is 1.06 bits per heavy atom. The number of hydrogen-bond donors (Lipinski definition) is 0. The monoisotopic (exact) mass is 228 g/mol. The third kappa shape index (κ3) is 2.02. The third-order valence-corrected chi connectivity index (χ3v) is 3.67. The lowest BCUT2D eigenvalue weighted by Crippen LogP contribution is -2.17. The van der Waals surface area contributed by atoms with Gasteiger partial charge in [-0.1, -0.05) is 51.1 Å². The smallest absolute Gasteiger partial charge is 0.123 e. The summed E-state index contributed by atoms with van der Waals surface area (Å²) in [5.74, 6) is 0.996. The maximum absolute atomic E-state index is 5.54. The molecule has 0 bridgehead atoms. The molecule has 0 unspecified atom stereocenters. The van der Waals surface area contributed by atoms with Crippen LogP contribution in [0.25, 0.3) is 10.8 Å². The minimum absolute atomic E-state index is 0.131. The number of benzene rings is 2. The highest BCUT2D eigenvalue weighted by Crippen LogP contribution is 2.39. The molecule has 0 heterocycles. The van der Waals surface area contributed by atoms with Crippen LogP contribution < -0.4 is 4.74 Å². The van der Waals surface area contributed by atoms with Crippen molar-refractivity contribution in [3.05, 3.63) is 42.0 Å². The number of methoxy groups -OCH3 is 1. The zero-order valence-corrected chi connectivity index (χ0v) is 11.1. The molecule has 0 atom stereocenters. The van der Waals surface area contributed by atoms with Gasteiger partial charge in [-0.2, -0.15) is 0 Å². The predicted octanol–water partition coefficient (Wildman–Crippen LogP) is 4.54. The van der Waals surface area contributed by atoms with Crippen molar-refractivity contribution in [3.63, 3.8) is 0 Å². The summed E-state index contributed by atoms with van der Waals surface area (Å²) >= 11 is 0. The first-order chi connectivity index (χ1) is 8.10. The van der Waals surface area contributed by atoms with Crippen LogP contribution in [0.3, 0.4) is 0 Å². The van der Waals surface area contributed by atoms with Crippen LogP contribution in [0.1, 0.15) is 32.8 Å². The van der Waals surface area contributed by atoms with Gasteiger partial charge in [0.15, 0.2) is 0 Å². The summed E-state index contributed by atoms with van der Waals surface area (Å²) in [6.07, 6.45) is 1.09. The zero-order chi connectivity index (χ0) is 12.5. The second-order valence-electron chi connectivity index (χ2n) is 5.10. The molecule has 0 radical (unpaired) electrons. The topological polar surface area (TPSA) is 9.23 Å². The lowest BCUT2D eigenvalue weighted by atomic mass is 9.79. The van der Waals surface area contributed by atoms with Crippen molar-refractivity contribution in [2.45, 2.75) is 32.6 Å². The summed E-state index contributed by atoms with van der Waals surface area (Å²) in [6.45, 7) is 6.77. The molecule has 0 aliphatic heterocycles. The van der Waals surface area contributed by atoms with Crippen molar-refractivity contribution >= 4 is 10.8 Å². The summed E-state index contributed by atoms with van der Waals surface area (Å²) < 4.78 is 5.54. The van der Waals surface area contributed by atoms with E-state index in [1.54, 1.807) is 7.11 Å². The lowest BCUT2D eigenvalue weighted by molar-refractivity contribution is 0.391. The molecule has 0 aliphatic rings. The van der Waals surface area contributed by atoms with Crippen LogP contribution in [0.4, 0.5) is 0 Å². The normalized spacial score (nSPS) is 11.8. The van der Waals surface area contributed by atoms with Crippen LogP contribution in [0, 0.1) is 0 Å². The molecule has 90 valence electrons. The molecule has 2 aromatic rings. The molecule has 2 aromatic carbocycles. The highest BCUT2D eigenvalue weighted by atomic mass is 16.5. The average Bonchev–Trinajstić information content (AvgIpc) is 2.37. The molecule has 0 N–H and O–H groups in total. The Labute approximate surface area is 103 Å². The molecule has 0 spiro atoms. The van der Waals surface area contributed by atoms with Gasteiger partial charge in [-0.15, -0.1) is 0 Å². The molecule has 0 saturated heterocycles. The standard InChI is InChI=1S/C16H20O/c1-5-16(2,3)15-13-9-7-6-8-12(13)10-11-14(15)17-4/h6-11H,5H2,1-4H3. The Morgan fingerprint density at radius 3 is 2.41 bits per heavy atom. The van der Waals surface area contributed by atoms with Crippen molar-refractivity contribution in [3.8, 4) is 5.75 Å². The Kier molecular flexibility index (Phi) is 3.10. The number of fused-ring (bicyclic) bond motifs is 1. The molecule has 2 rings (SSSR count). The molecule has 1 nitrogen and oxygen atoms in total. The molecule has 0 aromatic heterocycles. The minimum Gasteiger partial charge on any atom is -0.496 e. The molecule has 1 heteroatoms. The summed E-state index contributed by atoms with van der Waals surface area (Å²) in [4.78, 5) is 0. The van der Waals surface area contributed by atoms with E-state index in [-0.39, 0.29) is 5.41 Å². The fourth-order valence-electron chi connectivity index (χ4n) is 2.30. The molecule has 0 saturated carbocycles. The van der Waals surface area contributed by atoms with Gasteiger partial charge in [-0.05, 0) is 28.7 Å². The SMILES string of the molecule is CCC(C)(C)c1c(OC)ccc2ccccc12. The third-order valence-electron chi connectivity index (χ3n) is 3.67. The summed E-state index contributed by atoms with van der Waals surface area (Å²) in [5, 5.41) is 2.59. The molecular formula is C16H20O. The van der Waals surface area contributed by atoms with Crippen LogP contribution in [0.15, 0.2) is 36.4 Å². The van der Waals surface area contributed by atoms with Gasteiger partial charge in [0.2, 0.25) is 0 Å². The van der Waals surface area contributed by atoms with Crippen LogP contribution >= 0.6 is 0 Å². The van der Waals surface area contributed by atoms with E-state index in [0.29, 0.717) is 0 Å². The van der Waals surface area contributed by atoms with Crippen molar-refractivity contribution in [2.75, 3.05) is 7.11 Å². The van der Waals surface area contributed by atoms with E-state index < -0.39 is 0 Å². The first-order valence-corrected chi connectivity index (χ1v) is 6.16. The molecule has 0 fully saturated rings. The van der Waals surface area contributed by atoms with Gasteiger partial charge in [-0.25, -0.2) is 0 Å². The van der Waals surface area contributed by atoms with Gasteiger partial charge in [-0.3, -0.25) is 0 Å². The molecule has 17 heavy (non-hydrogen) atoms. The van der Waals surface area contributed by atoms with Gasteiger partial charge >= 0.3 is 0 Å². The zero-order valence-electron chi connectivity index (χ0n) is 11.1. The Morgan fingerprint density at radius 2 is 1.76 bits per heavy atom. The minimum atomic E-state index is 0.131. The number of ether oxygens (including phenoxy) is 1. The van der Waals surface area contributed by atoms with E-state index in [0.717, 1.165) is 12.2 Å². The van der Waals surface area contributed by atoms with Crippen molar-refractivity contribution in [1.29, 1.82) is 0 Å². The predicted molar refractivity (Wildman–Crippen MR) is 73.8 cm³/mol. The highest BCUT2D eigenvalue weighted by Gasteiger charge is 2.24. The molecule has 0 amide bonds. The Hall–Kier alpha value is -1.50.